The molecule has 0 aliphatic heterocycles. The molecule has 4 heteroatoms. The van der Waals surface area contributed by atoms with Gasteiger partial charge in [-0.05, 0) is 25.5 Å². The first-order chi connectivity index (χ1) is 7.69. The summed E-state index contributed by atoms with van der Waals surface area (Å²) in [6.45, 7) is 4.54. The van der Waals surface area contributed by atoms with Gasteiger partial charge in [0.05, 0.1) is 19.0 Å². The summed E-state index contributed by atoms with van der Waals surface area (Å²) in [5.41, 5.74) is 6.03. The lowest BCUT2D eigenvalue weighted by Crippen LogP contribution is -2.32. The largest absolute Gasteiger partial charge is 0.467 e. The molecule has 1 aromatic rings. The third-order valence-corrected chi connectivity index (χ3v) is 2.46. The van der Waals surface area contributed by atoms with Crippen LogP contribution in [-0.4, -0.2) is 25.9 Å². The SMILES string of the molecule is CCC(N)C(OC(C)COC)c1ccco1. The summed E-state index contributed by atoms with van der Waals surface area (Å²) >= 11 is 0. The van der Waals surface area contributed by atoms with E-state index in [2.05, 4.69) is 0 Å². The quantitative estimate of drug-likeness (QED) is 0.775. The number of ether oxygens (including phenoxy) is 2. The maximum atomic E-state index is 6.03. The minimum atomic E-state index is -0.204. The van der Waals surface area contributed by atoms with Crippen LogP contribution in [-0.2, 0) is 9.47 Å². The molecule has 0 spiro atoms. The summed E-state index contributed by atoms with van der Waals surface area (Å²) in [6, 6.07) is 3.67. The van der Waals surface area contributed by atoms with Crippen molar-refractivity contribution < 1.29 is 13.9 Å². The first-order valence-corrected chi connectivity index (χ1v) is 5.62. The van der Waals surface area contributed by atoms with Crippen molar-refractivity contribution in [2.24, 2.45) is 5.73 Å². The van der Waals surface area contributed by atoms with E-state index in [0.717, 1.165) is 12.2 Å². The average Bonchev–Trinajstić information content (AvgIpc) is 2.78. The number of nitrogens with two attached hydrogens (primary N) is 1. The van der Waals surface area contributed by atoms with Crippen LogP contribution < -0.4 is 5.73 Å². The Labute approximate surface area is 96.7 Å². The Balaban J connectivity index is 2.65. The van der Waals surface area contributed by atoms with Gasteiger partial charge in [-0.2, -0.15) is 0 Å². The molecule has 1 heterocycles. The molecule has 0 aromatic carbocycles. The average molecular weight is 227 g/mol. The third kappa shape index (κ3) is 3.63. The van der Waals surface area contributed by atoms with E-state index in [1.54, 1.807) is 13.4 Å². The van der Waals surface area contributed by atoms with Gasteiger partial charge in [0.1, 0.15) is 11.9 Å². The van der Waals surface area contributed by atoms with Gasteiger partial charge in [0.2, 0.25) is 0 Å². The van der Waals surface area contributed by atoms with E-state index in [-0.39, 0.29) is 18.2 Å². The van der Waals surface area contributed by atoms with Crippen LogP contribution in [0, 0.1) is 0 Å². The van der Waals surface area contributed by atoms with Gasteiger partial charge < -0.3 is 19.6 Å². The van der Waals surface area contributed by atoms with Gasteiger partial charge in [-0.25, -0.2) is 0 Å². The van der Waals surface area contributed by atoms with Crippen LogP contribution in [0.15, 0.2) is 22.8 Å². The lowest BCUT2D eigenvalue weighted by atomic mass is 10.1. The Morgan fingerprint density at radius 3 is 2.75 bits per heavy atom. The van der Waals surface area contributed by atoms with Crippen molar-refractivity contribution in [3.8, 4) is 0 Å². The molecule has 0 aliphatic rings. The smallest absolute Gasteiger partial charge is 0.134 e. The monoisotopic (exact) mass is 227 g/mol. The van der Waals surface area contributed by atoms with E-state index >= 15 is 0 Å². The first kappa shape index (κ1) is 13.2. The lowest BCUT2D eigenvalue weighted by molar-refractivity contribution is -0.0589. The van der Waals surface area contributed by atoms with Crippen LogP contribution in [0.1, 0.15) is 32.1 Å². The van der Waals surface area contributed by atoms with Crippen LogP contribution >= 0.6 is 0 Å². The fourth-order valence-electron chi connectivity index (χ4n) is 1.57. The van der Waals surface area contributed by atoms with Gasteiger partial charge in [0.25, 0.3) is 0 Å². The highest BCUT2D eigenvalue weighted by Crippen LogP contribution is 2.24. The van der Waals surface area contributed by atoms with Crippen LogP contribution in [0.4, 0.5) is 0 Å². The van der Waals surface area contributed by atoms with Crippen molar-refractivity contribution in [1.82, 2.24) is 0 Å². The standard InChI is InChI=1S/C12H21NO3/c1-4-10(13)12(11-6-5-7-15-11)16-9(2)8-14-3/h5-7,9-10,12H,4,8,13H2,1-3H3. The lowest BCUT2D eigenvalue weighted by Gasteiger charge is -2.24. The van der Waals surface area contributed by atoms with Gasteiger partial charge in [-0.15, -0.1) is 0 Å². The topological polar surface area (TPSA) is 57.6 Å². The highest BCUT2D eigenvalue weighted by atomic mass is 16.5. The second-order valence-corrected chi connectivity index (χ2v) is 3.91. The zero-order valence-corrected chi connectivity index (χ0v) is 10.2. The van der Waals surface area contributed by atoms with E-state index in [0.29, 0.717) is 6.61 Å². The second kappa shape index (κ2) is 6.68. The molecule has 0 aliphatic carbocycles. The van der Waals surface area contributed by atoms with E-state index in [9.17, 15) is 0 Å². The summed E-state index contributed by atoms with van der Waals surface area (Å²) in [6.07, 6.45) is 2.27. The summed E-state index contributed by atoms with van der Waals surface area (Å²) in [5.74, 6) is 0.775. The fourth-order valence-corrected chi connectivity index (χ4v) is 1.57. The van der Waals surface area contributed by atoms with Crippen LogP contribution in [0.5, 0.6) is 0 Å². The first-order valence-electron chi connectivity index (χ1n) is 5.62. The van der Waals surface area contributed by atoms with Crippen molar-refractivity contribution in [2.75, 3.05) is 13.7 Å². The summed E-state index contributed by atoms with van der Waals surface area (Å²) in [4.78, 5) is 0. The van der Waals surface area contributed by atoms with Crippen molar-refractivity contribution in [2.45, 2.75) is 38.5 Å². The molecular formula is C12H21NO3. The molecule has 0 bridgehead atoms. The summed E-state index contributed by atoms with van der Waals surface area (Å²) < 4.78 is 16.2. The molecule has 0 radical (unpaired) electrons. The van der Waals surface area contributed by atoms with Gasteiger partial charge in [-0.3, -0.25) is 0 Å². The van der Waals surface area contributed by atoms with Crippen LogP contribution in [0.2, 0.25) is 0 Å². The predicted octanol–water partition coefficient (Wildman–Crippen LogP) is 2.11. The predicted molar refractivity (Wildman–Crippen MR) is 62.1 cm³/mol. The van der Waals surface area contributed by atoms with E-state index in [1.807, 2.05) is 26.0 Å². The maximum Gasteiger partial charge on any atom is 0.134 e. The fraction of sp³-hybridized carbons (Fsp3) is 0.667. The molecule has 92 valence electrons. The van der Waals surface area contributed by atoms with Crippen molar-refractivity contribution >= 4 is 0 Å². The Morgan fingerprint density at radius 1 is 1.50 bits per heavy atom. The Morgan fingerprint density at radius 2 is 2.25 bits per heavy atom. The van der Waals surface area contributed by atoms with Crippen molar-refractivity contribution in [3.05, 3.63) is 24.2 Å². The van der Waals surface area contributed by atoms with Crippen molar-refractivity contribution in [1.29, 1.82) is 0 Å². The number of hydrogen-bond acceptors (Lipinski definition) is 4. The Hall–Kier alpha value is -0.840. The number of hydrogen-bond donors (Lipinski definition) is 1. The molecule has 0 amide bonds. The maximum absolute atomic E-state index is 6.03. The molecule has 3 atom stereocenters. The van der Waals surface area contributed by atoms with Gasteiger partial charge in [0, 0.05) is 13.2 Å². The molecule has 0 fully saturated rings. The van der Waals surface area contributed by atoms with Crippen LogP contribution in [0.25, 0.3) is 0 Å². The molecule has 2 N–H and O–H groups in total. The normalized spacial score (nSPS) is 17.0. The van der Waals surface area contributed by atoms with E-state index in [1.165, 1.54) is 0 Å². The molecule has 0 saturated carbocycles. The molecule has 0 saturated heterocycles. The van der Waals surface area contributed by atoms with E-state index < -0.39 is 0 Å². The molecule has 16 heavy (non-hydrogen) atoms. The zero-order valence-electron chi connectivity index (χ0n) is 10.2. The third-order valence-electron chi connectivity index (χ3n) is 2.46. The minimum absolute atomic E-state index is 0.00213. The molecule has 1 rings (SSSR count). The molecule has 1 aromatic heterocycles. The zero-order chi connectivity index (χ0) is 12.0. The molecular weight excluding hydrogens is 206 g/mol. The number of methoxy groups -OCH3 is 1. The van der Waals surface area contributed by atoms with Gasteiger partial charge >= 0.3 is 0 Å². The Bertz CT molecular complexity index is 274. The van der Waals surface area contributed by atoms with E-state index in [4.69, 9.17) is 19.6 Å². The van der Waals surface area contributed by atoms with Crippen molar-refractivity contribution in [3.63, 3.8) is 0 Å². The number of rotatable bonds is 7. The second-order valence-electron chi connectivity index (χ2n) is 3.91. The number of furan rings is 1. The highest BCUT2D eigenvalue weighted by molar-refractivity contribution is 5.05. The highest BCUT2D eigenvalue weighted by Gasteiger charge is 2.24. The van der Waals surface area contributed by atoms with Crippen LogP contribution in [0.3, 0.4) is 0 Å². The summed E-state index contributed by atoms with van der Waals surface area (Å²) in [7, 11) is 1.65. The Kier molecular flexibility index (Phi) is 5.52. The van der Waals surface area contributed by atoms with Gasteiger partial charge in [-0.1, -0.05) is 6.92 Å². The minimum Gasteiger partial charge on any atom is -0.467 e. The summed E-state index contributed by atoms with van der Waals surface area (Å²) in [5, 5.41) is 0. The van der Waals surface area contributed by atoms with Gasteiger partial charge in [0.15, 0.2) is 0 Å². The molecule has 4 nitrogen and oxygen atoms in total. The molecule has 3 unspecified atom stereocenters.